The van der Waals surface area contributed by atoms with Gasteiger partial charge < -0.3 is 5.73 Å². The fourth-order valence-electron chi connectivity index (χ4n) is 4.93. The smallest absolute Gasteiger partial charge is 0.373 e. The van der Waals surface area contributed by atoms with Crippen molar-refractivity contribution in [1.29, 1.82) is 5.26 Å². The number of nitrogens with two attached hydrogens (primary N) is 1. The molecule has 1 saturated heterocycles. The number of piperidine rings is 1. The molecule has 1 aliphatic heterocycles. The van der Waals surface area contributed by atoms with Crippen LogP contribution in [-0.4, -0.2) is 49.1 Å². The predicted molar refractivity (Wildman–Crippen MR) is 145 cm³/mol. The van der Waals surface area contributed by atoms with Crippen molar-refractivity contribution in [2.45, 2.75) is 45.2 Å². The number of carbonyl (C=O) groups excluding carboxylic acids is 2. The van der Waals surface area contributed by atoms with Gasteiger partial charge in [-0.2, -0.15) is 14.9 Å². The second-order valence-corrected chi connectivity index (χ2v) is 9.32. The Bertz CT molecular complexity index is 1480. The Morgan fingerprint density at radius 3 is 2.49 bits per heavy atom. The molecule has 5 rings (SSSR count). The summed E-state index contributed by atoms with van der Waals surface area (Å²) < 4.78 is 1.80. The fourth-order valence-corrected chi connectivity index (χ4v) is 4.93. The first-order valence-electron chi connectivity index (χ1n) is 12.9. The molecule has 0 aliphatic carbocycles. The van der Waals surface area contributed by atoms with E-state index in [1.54, 1.807) is 22.9 Å². The van der Waals surface area contributed by atoms with Crippen LogP contribution in [0.3, 0.4) is 0 Å². The Hall–Kier alpha value is -4.71. The number of nitrogen functional groups attached to an aromatic ring is 1. The summed E-state index contributed by atoms with van der Waals surface area (Å²) >= 11 is 0. The molecule has 0 radical (unpaired) electrons. The standard InChI is InChI=1S/C28H30N8.CO2/c1-2-27(35-12-4-3-5-13-35)24-11-7-10-23(31-24)18-36-19-26(33-34-36)22-15-25(32-28(30)16-22)21-9-6-8-20(14-21)17-29;2-1-3/h6-11,14-16,19,27H,2-5,12-13,18H2,1H3,(H2,30,32);/t27-;/m0./s1. The van der Waals surface area contributed by atoms with Gasteiger partial charge in [-0.1, -0.05) is 36.8 Å². The number of rotatable bonds is 7. The van der Waals surface area contributed by atoms with Crippen LogP contribution in [0.1, 0.15) is 55.6 Å². The van der Waals surface area contributed by atoms with Crippen LogP contribution in [0.15, 0.2) is 60.8 Å². The molecule has 0 amide bonds. The Balaban J connectivity index is 0.00000112. The number of aromatic nitrogens is 5. The van der Waals surface area contributed by atoms with Crippen LogP contribution in [0, 0.1) is 11.3 Å². The highest BCUT2D eigenvalue weighted by atomic mass is 16.2. The summed E-state index contributed by atoms with van der Waals surface area (Å²) in [5.41, 5.74) is 11.8. The number of benzene rings is 1. The lowest BCUT2D eigenvalue weighted by Crippen LogP contribution is -2.34. The van der Waals surface area contributed by atoms with Crippen molar-refractivity contribution in [3.05, 3.63) is 77.7 Å². The molecule has 0 spiro atoms. The third-order valence-corrected chi connectivity index (χ3v) is 6.68. The molecule has 0 saturated carbocycles. The summed E-state index contributed by atoms with van der Waals surface area (Å²) in [5, 5.41) is 17.9. The molecule has 1 aliphatic rings. The molecule has 2 N–H and O–H groups in total. The Labute approximate surface area is 227 Å². The molecule has 4 heterocycles. The van der Waals surface area contributed by atoms with Crippen LogP contribution in [-0.2, 0) is 16.1 Å². The van der Waals surface area contributed by atoms with Crippen molar-refractivity contribution >= 4 is 12.0 Å². The van der Waals surface area contributed by atoms with Crippen LogP contribution in [0.4, 0.5) is 5.82 Å². The lowest BCUT2D eigenvalue weighted by molar-refractivity contribution is -0.191. The third kappa shape index (κ3) is 6.99. The van der Waals surface area contributed by atoms with E-state index in [9.17, 15) is 5.26 Å². The molecule has 0 bridgehead atoms. The zero-order valence-electron chi connectivity index (χ0n) is 21.8. The van der Waals surface area contributed by atoms with Crippen LogP contribution in [0.5, 0.6) is 0 Å². The first-order chi connectivity index (χ1) is 19.0. The number of anilines is 1. The molecule has 198 valence electrons. The molecular weight excluding hydrogens is 492 g/mol. The summed E-state index contributed by atoms with van der Waals surface area (Å²) in [6.07, 6.45) is 7.06. The van der Waals surface area contributed by atoms with Crippen molar-refractivity contribution in [1.82, 2.24) is 29.9 Å². The Morgan fingerprint density at radius 1 is 0.974 bits per heavy atom. The van der Waals surface area contributed by atoms with Crippen molar-refractivity contribution in [2.75, 3.05) is 18.8 Å². The van der Waals surface area contributed by atoms with Crippen LogP contribution in [0.25, 0.3) is 22.5 Å². The molecule has 1 fully saturated rings. The fraction of sp³-hybridized carbons (Fsp3) is 0.310. The molecule has 4 aromatic rings. The summed E-state index contributed by atoms with van der Waals surface area (Å²) in [6.45, 7) is 5.07. The Kier molecular flexibility index (Phi) is 9.25. The summed E-state index contributed by atoms with van der Waals surface area (Å²) in [5.74, 6) is 0.386. The van der Waals surface area contributed by atoms with E-state index >= 15 is 0 Å². The highest BCUT2D eigenvalue weighted by Gasteiger charge is 2.22. The SMILES string of the molecule is CC[C@@H](c1cccc(Cn2cc(-c3cc(N)nc(-c4cccc(C#N)c4)c3)nn2)n1)N1CCCCC1.O=C=O. The summed E-state index contributed by atoms with van der Waals surface area (Å²) in [7, 11) is 0. The molecule has 39 heavy (non-hydrogen) atoms. The van der Waals surface area contributed by atoms with Gasteiger partial charge in [-0.05, 0) is 68.8 Å². The second-order valence-electron chi connectivity index (χ2n) is 9.32. The molecular formula is C29H30N8O2. The van der Waals surface area contributed by atoms with Gasteiger partial charge in [0.2, 0.25) is 0 Å². The molecule has 10 heteroatoms. The van der Waals surface area contributed by atoms with Gasteiger partial charge in [0.1, 0.15) is 11.5 Å². The van der Waals surface area contributed by atoms with Gasteiger partial charge in [0, 0.05) is 11.1 Å². The second kappa shape index (κ2) is 13.2. The molecule has 1 aromatic carbocycles. The highest BCUT2D eigenvalue weighted by Crippen LogP contribution is 2.28. The largest absolute Gasteiger partial charge is 0.384 e. The van der Waals surface area contributed by atoms with E-state index in [1.165, 1.54) is 19.3 Å². The Morgan fingerprint density at radius 2 is 1.74 bits per heavy atom. The number of hydrogen-bond acceptors (Lipinski definition) is 9. The van der Waals surface area contributed by atoms with Crippen molar-refractivity contribution in [3.63, 3.8) is 0 Å². The zero-order chi connectivity index (χ0) is 27.6. The number of nitriles is 1. The minimum absolute atomic E-state index is 0.250. The van der Waals surface area contributed by atoms with Gasteiger partial charge in [-0.15, -0.1) is 5.10 Å². The van der Waals surface area contributed by atoms with E-state index in [2.05, 4.69) is 45.3 Å². The average molecular weight is 523 g/mol. The molecule has 1 atom stereocenters. The lowest BCUT2D eigenvalue weighted by Gasteiger charge is -2.33. The van der Waals surface area contributed by atoms with Gasteiger partial charge >= 0.3 is 6.15 Å². The minimum Gasteiger partial charge on any atom is -0.384 e. The molecule has 10 nitrogen and oxygen atoms in total. The first-order valence-corrected chi connectivity index (χ1v) is 12.9. The van der Waals surface area contributed by atoms with E-state index in [0.29, 0.717) is 35.4 Å². The molecule has 0 unspecified atom stereocenters. The normalized spacial score (nSPS) is 13.9. The van der Waals surface area contributed by atoms with E-state index in [0.717, 1.165) is 42.0 Å². The quantitative estimate of drug-likeness (QED) is 0.376. The van der Waals surface area contributed by atoms with Crippen LogP contribution < -0.4 is 5.73 Å². The van der Waals surface area contributed by atoms with E-state index in [1.807, 2.05) is 30.5 Å². The van der Waals surface area contributed by atoms with Gasteiger partial charge in [0.15, 0.2) is 0 Å². The maximum atomic E-state index is 9.22. The van der Waals surface area contributed by atoms with E-state index in [4.69, 9.17) is 20.3 Å². The van der Waals surface area contributed by atoms with Gasteiger partial charge in [0.25, 0.3) is 0 Å². The monoisotopic (exact) mass is 522 g/mol. The number of pyridine rings is 2. The van der Waals surface area contributed by atoms with Crippen molar-refractivity contribution in [2.24, 2.45) is 0 Å². The van der Waals surface area contributed by atoms with Crippen LogP contribution in [0.2, 0.25) is 0 Å². The summed E-state index contributed by atoms with van der Waals surface area (Å²) in [6, 6.07) is 19.8. The predicted octanol–water partition coefficient (Wildman–Crippen LogP) is 4.26. The number of hydrogen-bond donors (Lipinski definition) is 1. The average Bonchev–Trinajstić information content (AvgIpc) is 3.43. The first kappa shape index (κ1) is 27.3. The minimum atomic E-state index is 0.250. The topological polar surface area (TPSA) is 144 Å². The van der Waals surface area contributed by atoms with Crippen LogP contribution >= 0.6 is 0 Å². The maximum Gasteiger partial charge on any atom is 0.373 e. The van der Waals surface area contributed by atoms with E-state index in [-0.39, 0.29) is 6.15 Å². The maximum absolute atomic E-state index is 9.22. The van der Waals surface area contributed by atoms with Crippen molar-refractivity contribution < 1.29 is 9.59 Å². The van der Waals surface area contributed by atoms with Gasteiger partial charge in [-0.3, -0.25) is 9.88 Å². The lowest BCUT2D eigenvalue weighted by atomic mass is 10.0. The van der Waals surface area contributed by atoms with Gasteiger partial charge in [0.05, 0.1) is 47.5 Å². The number of nitrogens with zero attached hydrogens (tertiary/aromatic N) is 7. The zero-order valence-corrected chi connectivity index (χ0v) is 21.8. The summed E-state index contributed by atoms with van der Waals surface area (Å²) in [4.78, 5) is 28.3. The van der Waals surface area contributed by atoms with Crippen molar-refractivity contribution in [3.8, 4) is 28.6 Å². The third-order valence-electron chi connectivity index (χ3n) is 6.68. The van der Waals surface area contributed by atoms with Gasteiger partial charge in [-0.25, -0.2) is 9.67 Å². The number of likely N-dealkylation sites (tertiary alicyclic amines) is 1. The highest BCUT2D eigenvalue weighted by molar-refractivity contribution is 5.71. The van der Waals surface area contributed by atoms with E-state index < -0.39 is 0 Å². The molecule has 3 aromatic heterocycles.